The molecule has 1 atom stereocenters. The summed E-state index contributed by atoms with van der Waals surface area (Å²) < 4.78 is 10.3. The maximum atomic E-state index is 12.2. The number of carbonyl (C=O) groups is 2. The fourth-order valence-corrected chi connectivity index (χ4v) is 4.41. The maximum absolute atomic E-state index is 12.2. The maximum Gasteiger partial charge on any atom is 0.341 e. The van der Waals surface area contributed by atoms with Crippen molar-refractivity contribution >= 4 is 34.3 Å². The Kier molecular flexibility index (Phi) is 5.08. The number of amides is 1. The second kappa shape index (κ2) is 7.27. The summed E-state index contributed by atoms with van der Waals surface area (Å²) >= 11 is 1.47. The Morgan fingerprint density at radius 3 is 2.88 bits per heavy atom. The number of ether oxygens (including phenoxy) is 1. The highest BCUT2D eigenvalue weighted by Crippen LogP contribution is 2.40. The Morgan fingerprint density at radius 2 is 2.20 bits per heavy atom. The fraction of sp³-hybridized carbons (Fsp3) is 0.368. The van der Waals surface area contributed by atoms with Crippen molar-refractivity contribution in [1.29, 1.82) is 0 Å². The first-order valence-corrected chi connectivity index (χ1v) is 9.08. The highest BCUT2D eigenvalue weighted by molar-refractivity contribution is 7.17. The van der Waals surface area contributed by atoms with E-state index in [2.05, 4.69) is 12.2 Å². The zero-order valence-corrected chi connectivity index (χ0v) is 15.4. The quantitative estimate of drug-likeness (QED) is 0.656. The number of rotatable bonds is 4. The van der Waals surface area contributed by atoms with Gasteiger partial charge in [-0.05, 0) is 55.9 Å². The number of furan rings is 1. The summed E-state index contributed by atoms with van der Waals surface area (Å²) in [7, 11) is 1.36. The Hall–Kier alpha value is -2.34. The van der Waals surface area contributed by atoms with Crippen LogP contribution in [0.25, 0.3) is 6.08 Å². The lowest BCUT2D eigenvalue weighted by molar-refractivity contribution is -0.111. The summed E-state index contributed by atoms with van der Waals surface area (Å²) in [6.07, 6.45) is 5.82. The van der Waals surface area contributed by atoms with Crippen LogP contribution in [0, 0.1) is 12.8 Å². The first-order valence-electron chi connectivity index (χ1n) is 8.26. The topological polar surface area (TPSA) is 68.5 Å². The highest BCUT2D eigenvalue weighted by atomic mass is 32.1. The molecule has 1 N–H and O–H groups in total. The van der Waals surface area contributed by atoms with Crippen molar-refractivity contribution < 1.29 is 18.7 Å². The zero-order valence-electron chi connectivity index (χ0n) is 14.5. The Balaban J connectivity index is 1.82. The molecule has 2 aromatic rings. The molecule has 0 aromatic carbocycles. The molecule has 6 heteroatoms. The van der Waals surface area contributed by atoms with E-state index in [1.807, 2.05) is 13.0 Å². The molecule has 0 saturated heterocycles. The van der Waals surface area contributed by atoms with Crippen LogP contribution >= 0.6 is 11.3 Å². The van der Waals surface area contributed by atoms with Crippen molar-refractivity contribution in [2.45, 2.75) is 33.1 Å². The average Bonchev–Trinajstić information content (AvgIpc) is 3.14. The Bertz CT molecular complexity index is 831. The molecule has 132 valence electrons. The molecule has 0 fully saturated rings. The van der Waals surface area contributed by atoms with Crippen LogP contribution in [0.3, 0.4) is 0 Å². The van der Waals surface area contributed by atoms with Crippen LogP contribution < -0.4 is 5.32 Å². The number of hydrogen-bond donors (Lipinski definition) is 1. The highest BCUT2D eigenvalue weighted by Gasteiger charge is 2.28. The van der Waals surface area contributed by atoms with Gasteiger partial charge < -0.3 is 14.5 Å². The molecule has 0 bridgehead atoms. The van der Waals surface area contributed by atoms with Gasteiger partial charge in [-0.1, -0.05) is 6.92 Å². The van der Waals surface area contributed by atoms with Crippen molar-refractivity contribution in [3.63, 3.8) is 0 Å². The third-order valence-corrected chi connectivity index (χ3v) is 5.47. The predicted octanol–water partition coefficient (Wildman–Crippen LogP) is 4.21. The van der Waals surface area contributed by atoms with Gasteiger partial charge in [0.1, 0.15) is 16.5 Å². The number of anilines is 1. The third kappa shape index (κ3) is 3.85. The second-order valence-corrected chi connectivity index (χ2v) is 7.42. The fourth-order valence-electron chi connectivity index (χ4n) is 3.01. The van der Waals surface area contributed by atoms with Crippen molar-refractivity contribution in [2.75, 3.05) is 12.4 Å². The molecule has 1 aliphatic carbocycles. The van der Waals surface area contributed by atoms with E-state index in [0.717, 1.165) is 30.6 Å². The number of thiophene rings is 1. The zero-order chi connectivity index (χ0) is 18.0. The largest absolute Gasteiger partial charge is 0.465 e. The van der Waals surface area contributed by atoms with Gasteiger partial charge in [0, 0.05) is 11.0 Å². The molecule has 0 spiro atoms. The summed E-state index contributed by atoms with van der Waals surface area (Å²) in [6, 6.07) is 3.63. The molecule has 25 heavy (non-hydrogen) atoms. The van der Waals surface area contributed by atoms with E-state index in [1.54, 1.807) is 12.1 Å². The van der Waals surface area contributed by atoms with Gasteiger partial charge in [0.15, 0.2) is 0 Å². The lowest BCUT2D eigenvalue weighted by Crippen LogP contribution is -2.14. The van der Waals surface area contributed by atoms with Crippen LogP contribution in [-0.4, -0.2) is 19.0 Å². The van der Waals surface area contributed by atoms with Gasteiger partial charge in [0.2, 0.25) is 5.91 Å². The molecule has 3 rings (SSSR count). The van der Waals surface area contributed by atoms with Crippen LogP contribution in [0.1, 0.15) is 45.7 Å². The monoisotopic (exact) mass is 359 g/mol. The molecule has 0 aliphatic heterocycles. The SMILES string of the molecule is COC(=O)c1c(NC(=O)C=Cc2ccc(C)o2)sc2c1CCC(C)C2. The van der Waals surface area contributed by atoms with Gasteiger partial charge in [-0.15, -0.1) is 11.3 Å². The number of nitrogens with one attached hydrogen (secondary N) is 1. The summed E-state index contributed by atoms with van der Waals surface area (Å²) in [5.74, 6) is 1.29. The van der Waals surface area contributed by atoms with E-state index in [-0.39, 0.29) is 5.91 Å². The Labute approximate surface area is 150 Å². The molecule has 0 saturated carbocycles. The standard InChI is InChI=1S/C19H21NO4S/c1-11-4-8-14-15(10-11)25-18(17(14)19(22)23-3)20-16(21)9-7-13-6-5-12(2)24-13/h5-7,9,11H,4,8,10H2,1-3H3,(H,20,21). The number of fused-ring (bicyclic) bond motifs is 1. The number of esters is 1. The third-order valence-electron chi connectivity index (χ3n) is 4.30. The van der Waals surface area contributed by atoms with Crippen LogP contribution in [0.4, 0.5) is 5.00 Å². The molecule has 0 radical (unpaired) electrons. The van der Waals surface area contributed by atoms with Crippen LogP contribution in [0.5, 0.6) is 0 Å². The van der Waals surface area contributed by atoms with E-state index in [1.165, 1.54) is 29.4 Å². The number of carbonyl (C=O) groups excluding carboxylic acids is 2. The normalized spacial score (nSPS) is 16.7. The minimum Gasteiger partial charge on any atom is -0.465 e. The van der Waals surface area contributed by atoms with Gasteiger partial charge >= 0.3 is 5.97 Å². The molecule has 1 amide bonds. The number of methoxy groups -OCH3 is 1. The van der Waals surface area contributed by atoms with Crippen molar-refractivity contribution in [1.82, 2.24) is 0 Å². The molecular formula is C19H21NO4S. The number of hydrogen-bond acceptors (Lipinski definition) is 5. The summed E-state index contributed by atoms with van der Waals surface area (Å²) in [6.45, 7) is 4.05. The molecule has 1 aliphatic rings. The van der Waals surface area contributed by atoms with E-state index in [9.17, 15) is 9.59 Å². The van der Waals surface area contributed by atoms with Crippen LogP contribution in [0.15, 0.2) is 22.6 Å². The van der Waals surface area contributed by atoms with Gasteiger partial charge in [-0.25, -0.2) is 4.79 Å². The molecule has 5 nitrogen and oxygen atoms in total. The second-order valence-electron chi connectivity index (χ2n) is 6.32. The first-order chi connectivity index (χ1) is 12.0. The first kappa shape index (κ1) is 17.5. The van der Waals surface area contributed by atoms with Crippen molar-refractivity contribution in [3.8, 4) is 0 Å². The summed E-state index contributed by atoms with van der Waals surface area (Å²) in [4.78, 5) is 25.6. The minimum atomic E-state index is -0.395. The predicted molar refractivity (Wildman–Crippen MR) is 98.0 cm³/mol. The van der Waals surface area contributed by atoms with Gasteiger partial charge in [0.05, 0.1) is 12.7 Å². The average molecular weight is 359 g/mol. The molecule has 2 heterocycles. The van der Waals surface area contributed by atoms with E-state index < -0.39 is 5.97 Å². The molecule has 2 aromatic heterocycles. The lowest BCUT2D eigenvalue weighted by Gasteiger charge is -2.18. The Morgan fingerprint density at radius 1 is 1.40 bits per heavy atom. The summed E-state index contributed by atoms with van der Waals surface area (Å²) in [5.41, 5.74) is 1.53. The van der Waals surface area contributed by atoms with Gasteiger partial charge in [-0.3, -0.25) is 4.79 Å². The lowest BCUT2D eigenvalue weighted by atomic mass is 9.88. The molecular weight excluding hydrogens is 338 g/mol. The molecule has 1 unspecified atom stereocenters. The van der Waals surface area contributed by atoms with Crippen LogP contribution in [-0.2, 0) is 22.4 Å². The summed E-state index contributed by atoms with van der Waals surface area (Å²) in [5, 5.41) is 3.39. The van der Waals surface area contributed by atoms with Gasteiger partial charge in [0.25, 0.3) is 0 Å². The van der Waals surface area contributed by atoms with E-state index >= 15 is 0 Å². The van der Waals surface area contributed by atoms with Crippen molar-refractivity contribution in [2.24, 2.45) is 5.92 Å². The van der Waals surface area contributed by atoms with E-state index in [4.69, 9.17) is 9.15 Å². The number of aryl methyl sites for hydroxylation is 1. The van der Waals surface area contributed by atoms with Crippen LogP contribution in [0.2, 0.25) is 0 Å². The minimum absolute atomic E-state index is 0.300. The van der Waals surface area contributed by atoms with Gasteiger partial charge in [-0.2, -0.15) is 0 Å². The smallest absolute Gasteiger partial charge is 0.341 e. The van der Waals surface area contributed by atoms with E-state index in [0.29, 0.717) is 22.2 Å². The van der Waals surface area contributed by atoms with Crippen molar-refractivity contribution in [3.05, 3.63) is 45.7 Å².